The second kappa shape index (κ2) is 9.44. The first-order valence-corrected chi connectivity index (χ1v) is 7.09. The third-order valence-corrected chi connectivity index (χ3v) is 2.76. The lowest BCUT2D eigenvalue weighted by Crippen LogP contribution is -2.37. The topological polar surface area (TPSA) is 76.7 Å². The van der Waals surface area contributed by atoms with Crippen molar-refractivity contribution in [1.29, 1.82) is 0 Å². The largest absolute Gasteiger partial charge is 0.493 e. The molecule has 0 aliphatic rings. The Balaban J connectivity index is 2.65. The van der Waals surface area contributed by atoms with Crippen LogP contribution in [0.15, 0.2) is 30.9 Å². The van der Waals surface area contributed by atoms with Gasteiger partial charge in [0.05, 0.1) is 13.7 Å². The van der Waals surface area contributed by atoms with Crippen molar-refractivity contribution in [2.45, 2.75) is 13.3 Å². The van der Waals surface area contributed by atoms with Crippen LogP contribution < -0.4 is 20.1 Å². The zero-order valence-electron chi connectivity index (χ0n) is 13.0. The lowest BCUT2D eigenvalue weighted by molar-refractivity contribution is -0.120. The average Bonchev–Trinajstić information content (AvgIpc) is 2.55. The molecule has 120 valence electrons. The summed E-state index contributed by atoms with van der Waals surface area (Å²) in [4.78, 5) is 23.5. The molecule has 0 unspecified atom stereocenters. The standard InChI is InChI=1S/C16H22N2O4/c1-4-8-17-15(19)11-18-16(20)12-6-7-13(22-9-5-2)14(10-12)21-3/h5-7,10H,2,4,8-9,11H2,1,3H3,(H,17,19)(H,18,20). The molecule has 0 saturated heterocycles. The van der Waals surface area contributed by atoms with E-state index in [1.54, 1.807) is 24.3 Å². The SMILES string of the molecule is C=CCOc1ccc(C(=O)NCC(=O)NCCC)cc1OC. The highest BCUT2D eigenvalue weighted by Crippen LogP contribution is 2.28. The molecule has 0 saturated carbocycles. The minimum atomic E-state index is -0.347. The summed E-state index contributed by atoms with van der Waals surface area (Å²) in [6, 6.07) is 4.83. The van der Waals surface area contributed by atoms with E-state index >= 15 is 0 Å². The molecule has 1 aromatic carbocycles. The first kappa shape index (κ1) is 17.6. The quantitative estimate of drug-likeness (QED) is 0.678. The molecule has 2 N–H and O–H groups in total. The summed E-state index contributed by atoms with van der Waals surface area (Å²) >= 11 is 0. The van der Waals surface area contributed by atoms with Crippen molar-refractivity contribution in [2.24, 2.45) is 0 Å². The number of amides is 2. The molecule has 0 aliphatic carbocycles. The maximum Gasteiger partial charge on any atom is 0.251 e. The fourth-order valence-corrected chi connectivity index (χ4v) is 1.67. The van der Waals surface area contributed by atoms with E-state index in [0.29, 0.717) is 30.2 Å². The fraction of sp³-hybridized carbons (Fsp3) is 0.375. The smallest absolute Gasteiger partial charge is 0.251 e. The van der Waals surface area contributed by atoms with Crippen molar-refractivity contribution >= 4 is 11.8 Å². The molecule has 22 heavy (non-hydrogen) atoms. The van der Waals surface area contributed by atoms with Crippen molar-refractivity contribution in [3.8, 4) is 11.5 Å². The minimum absolute atomic E-state index is 0.0597. The molecular formula is C16H22N2O4. The van der Waals surface area contributed by atoms with E-state index in [9.17, 15) is 9.59 Å². The van der Waals surface area contributed by atoms with E-state index in [0.717, 1.165) is 6.42 Å². The lowest BCUT2D eigenvalue weighted by Gasteiger charge is -2.11. The Labute approximate surface area is 130 Å². The zero-order chi connectivity index (χ0) is 16.4. The van der Waals surface area contributed by atoms with Gasteiger partial charge in [0.15, 0.2) is 11.5 Å². The number of rotatable bonds is 9. The third-order valence-electron chi connectivity index (χ3n) is 2.76. The van der Waals surface area contributed by atoms with Gasteiger partial charge < -0.3 is 20.1 Å². The molecule has 0 spiro atoms. The summed E-state index contributed by atoms with van der Waals surface area (Å²) in [6.07, 6.45) is 2.47. The molecular weight excluding hydrogens is 284 g/mol. The van der Waals surface area contributed by atoms with Gasteiger partial charge in [-0.25, -0.2) is 0 Å². The predicted molar refractivity (Wildman–Crippen MR) is 84.3 cm³/mol. The normalized spacial score (nSPS) is 9.73. The lowest BCUT2D eigenvalue weighted by atomic mass is 10.2. The Morgan fingerprint density at radius 2 is 2.05 bits per heavy atom. The number of hydrogen-bond acceptors (Lipinski definition) is 4. The van der Waals surface area contributed by atoms with E-state index in [1.807, 2.05) is 6.92 Å². The van der Waals surface area contributed by atoms with Gasteiger partial charge in [-0.2, -0.15) is 0 Å². The van der Waals surface area contributed by atoms with Crippen molar-refractivity contribution in [3.63, 3.8) is 0 Å². The number of nitrogens with one attached hydrogen (secondary N) is 2. The maximum absolute atomic E-state index is 12.0. The number of methoxy groups -OCH3 is 1. The van der Waals surface area contributed by atoms with E-state index in [-0.39, 0.29) is 18.4 Å². The van der Waals surface area contributed by atoms with Gasteiger partial charge in [-0.05, 0) is 24.6 Å². The second-order valence-electron chi connectivity index (χ2n) is 4.50. The Bertz CT molecular complexity index is 529. The average molecular weight is 306 g/mol. The van der Waals surface area contributed by atoms with Crippen LogP contribution in [0.25, 0.3) is 0 Å². The molecule has 0 fully saturated rings. The van der Waals surface area contributed by atoms with Crippen LogP contribution >= 0.6 is 0 Å². The zero-order valence-corrected chi connectivity index (χ0v) is 13.0. The molecule has 2 amide bonds. The summed E-state index contributed by atoms with van der Waals surface area (Å²) < 4.78 is 10.6. The van der Waals surface area contributed by atoms with E-state index in [2.05, 4.69) is 17.2 Å². The van der Waals surface area contributed by atoms with Gasteiger partial charge in [-0.15, -0.1) is 0 Å². The fourth-order valence-electron chi connectivity index (χ4n) is 1.67. The van der Waals surface area contributed by atoms with Gasteiger partial charge in [-0.3, -0.25) is 9.59 Å². The van der Waals surface area contributed by atoms with Gasteiger partial charge in [0.25, 0.3) is 5.91 Å². The van der Waals surface area contributed by atoms with E-state index in [1.165, 1.54) is 7.11 Å². The molecule has 1 rings (SSSR count). The van der Waals surface area contributed by atoms with Crippen LogP contribution in [-0.4, -0.2) is 38.6 Å². The number of ether oxygens (including phenoxy) is 2. The molecule has 6 nitrogen and oxygen atoms in total. The second-order valence-corrected chi connectivity index (χ2v) is 4.50. The highest BCUT2D eigenvalue weighted by Gasteiger charge is 2.12. The van der Waals surface area contributed by atoms with Crippen molar-refractivity contribution < 1.29 is 19.1 Å². The van der Waals surface area contributed by atoms with Gasteiger partial charge >= 0.3 is 0 Å². The van der Waals surface area contributed by atoms with Gasteiger partial charge in [-0.1, -0.05) is 19.6 Å². The highest BCUT2D eigenvalue weighted by atomic mass is 16.5. The first-order valence-electron chi connectivity index (χ1n) is 7.09. The molecule has 1 aromatic rings. The number of hydrogen-bond donors (Lipinski definition) is 2. The molecule has 0 radical (unpaired) electrons. The van der Waals surface area contributed by atoms with Crippen molar-refractivity contribution in [3.05, 3.63) is 36.4 Å². The maximum atomic E-state index is 12.0. The van der Waals surface area contributed by atoms with Crippen LogP contribution in [0.1, 0.15) is 23.7 Å². The Morgan fingerprint density at radius 3 is 2.68 bits per heavy atom. The highest BCUT2D eigenvalue weighted by molar-refractivity contribution is 5.97. The number of benzene rings is 1. The third kappa shape index (κ3) is 5.47. The van der Waals surface area contributed by atoms with E-state index in [4.69, 9.17) is 9.47 Å². The summed E-state index contributed by atoms with van der Waals surface area (Å²) in [5.41, 5.74) is 0.395. The molecule has 0 bridgehead atoms. The number of carbonyl (C=O) groups is 2. The summed E-state index contributed by atoms with van der Waals surface area (Å²) in [6.45, 7) is 6.41. The van der Waals surface area contributed by atoms with Crippen molar-refractivity contribution in [1.82, 2.24) is 10.6 Å². The van der Waals surface area contributed by atoms with Crippen LogP contribution in [0.3, 0.4) is 0 Å². The van der Waals surface area contributed by atoms with Crippen LogP contribution in [0.2, 0.25) is 0 Å². The predicted octanol–water partition coefficient (Wildman–Crippen LogP) is 1.52. The monoisotopic (exact) mass is 306 g/mol. The number of carbonyl (C=O) groups excluding carboxylic acids is 2. The van der Waals surface area contributed by atoms with Crippen LogP contribution in [0.5, 0.6) is 11.5 Å². The summed E-state index contributed by atoms with van der Waals surface area (Å²) in [5, 5.41) is 5.24. The summed E-state index contributed by atoms with van der Waals surface area (Å²) in [7, 11) is 1.50. The molecule has 0 heterocycles. The van der Waals surface area contributed by atoms with Crippen molar-refractivity contribution in [2.75, 3.05) is 26.8 Å². The van der Waals surface area contributed by atoms with Gasteiger partial charge in [0, 0.05) is 12.1 Å². The van der Waals surface area contributed by atoms with Gasteiger partial charge in [0.1, 0.15) is 6.61 Å². The Hall–Kier alpha value is -2.50. The molecule has 0 atom stereocenters. The Morgan fingerprint density at radius 1 is 1.27 bits per heavy atom. The minimum Gasteiger partial charge on any atom is -0.493 e. The molecule has 6 heteroatoms. The molecule has 0 aromatic heterocycles. The van der Waals surface area contributed by atoms with Crippen LogP contribution in [-0.2, 0) is 4.79 Å². The van der Waals surface area contributed by atoms with Crippen LogP contribution in [0.4, 0.5) is 0 Å². The molecule has 0 aliphatic heterocycles. The Kier molecular flexibility index (Phi) is 7.53. The van der Waals surface area contributed by atoms with Crippen LogP contribution in [0, 0.1) is 0 Å². The first-order chi connectivity index (χ1) is 10.6. The van der Waals surface area contributed by atoms with E-state index < -0.39 is 0 Å². The van der Waals surface area contributed by atoms with Gasteiger partial charge in [0.2, 0.25) is 5.91 Å². The summed E-state index contributed by atoms with van der Waals surface area (Å²) in [5.74, 6) is 0.415.